The molecule has 1 fully saturated rings. The summed E-state index contributed by atoms with van der Waals surface area (Å²) < 4.78 is 5.16. The van der Waals surface area contributed by atoms with Crippen LogP contribution in [0.15, 0.2) is 53.2 Å². The zero-order valence-electron chi connectivity index (χ0n) is 13.9. The summed E-state index contributed by atoms with van der Waals surface area (Å²) in [5, 5.41) is 2.86. The maximum absolute atomic E-state index is 11.9. The van der Waals surface area contributed by atoms with E-state index in [1.54, 1.807) is 24.5 Å². The summed E-state index contributed by atoms with van der Waals surface area (Å²) in [5.41, 5.74) is 2.00. The fraction of sp³-hybridized carbons (Fsp3) is 0.316. The lowest BCUT2D eigenvalue weighted by Gasteiger charge is -2.35. The van der Waals surface area contributed by atoms with Crippen LogP contribution >= 0.6 is 0 Å². The average Bonchev–Trinajstić information content (AvgIpc) is 3.14. The second-order valence-electron chi connectivity index (χ2n) is 5.81. The van der Waals surface area contributed by atoms with Crippen LogP contribution in [0.4, 0.5) is 11.4 Å². The first-order valence-electron chi connectivity index (χ1n) is 8.34. The van der Waals surface area contributed by atoms with Gasteiger partial charge >= 0.3 is 0 Å². The fourth-order valence-corrected chi connectivity index (χ4v) is 2.81. The second-order valence-corrected chi connectivity index (χ2v) is 5.81. The van der Waals surface area contributed by atoms with Crippen molar-refractivity contribution < 1.29 is 9.21 Å². The molecule has 1 N–H and O–H groups in total. The van der Waals surface area contributed by atoms with E-state index in [9.17, 15) is 4.79 Å². The largest absolute Gasteiger partial charge is 0.465 e. The zero-order chi connectivity index (χ0) is 16.8. The Balaban J connectivity index is 1.54. The lowest BCUT2D eigenvalue weighted by Crippen LogP contribution is -2.46. The van der Waals surface area contributed by atoms with Gasteiger partial charge in [0.05, 0.1) is 6.26 Å². The summed E-state index contributed by atoms with van der Waals surface area (Å²) in [6.07, 6.45) is 4.70. The molecule has 1 aliphatic heterocycles. The summed E-state index contributed by atoms with van der Waals surface area (Å²) >= 11 is 0. The molecule has 5 nitrogen and oxygen atoms in total. The first-order chi connectivity index (χ1) is 11.7. The van der Waals surface area contributed by atoms with Gasteiger partial charge in [-0.05, 0) is 49.0 Å². The van der Waals surface area contributed by atoms with Gasteiger partial charge in [0.25, 0.3) is 0 Å². The van der Waals surface area contributed by atoms with E-state index in [0.717, 1.165) is 38.4 Å². The molecular formula is C19H23N3O2. The van der Waals surface area contributed by atoms with Crippen molar-refractivity contribution in [3.05, 3.63) is 54.5 Å². The van der Waals surface area contributed by atoms with Gasteiger partial charge in [0.2, 0.25) is 5.91 Å². The highest BCUT2D eigenvalue weighted by molar-refractivity contribution is 6.01. The van der Waals surface area contributed by atoms with Crippen LogP contribution in [-0.4, -0.2) is 43.5 Å². The molecule has 2 heterocycles. The molecule has 0 bridgehead atoms. The summed E-state index contributed by atoms with van der Waals surface area (Å²) in [7, 11) is 0. The van der Waals surface area contributed by atoms with Crippen molar-refractivity contribution in [2.24, 2.45) is 0 Å². The van der Waals surface area contributed by atoms with Gasteiger partial charge in [0.1, 0.15) is 5.76 Å². The number of carbonyl (C=O) groups is 1. The number of rotatable bonds is 5. The molecule has 0 atom stereocenters. The van der Waals surface area contributed by atoms with Crippen molar-refractivity contribution in [2.75, 3.05) is 42.9 Å². The molecule has 1 aliphatic rings. The van der Waals surface area contributed by atoms with E-state index in [2.05, 4.69) is 34.2 Å². The molecule has 0 spiro atoms. The van der Waals surface area contributed by atoms with Crippen molar-refractivity contribution in [3.63, 3.8) is 0 Å². The number of amides is 1. The van der Waals surface area contributed by atoms with E-state index in [0.29, 0.717) is 5.76 Å². The first-order valence-corrected chi connectivity index (χ1v) is 8.34. The molecule has 1 aromatic heterocycles. The van der Waals surface area contributed by atoms with Crippen LogP contribution in [0.2, 0.25) is 0 Å². The topological polar surface area (TPSA) is 48.7 Å². The molecule has 1 amide bonds. The zero-order valence-corrected chi connectivity index (χ0v) is 13.9. The molecule has 2 aromatic rings. The molecule has 0 radical (unpaired) electrons. The smallest absolute Gasteiger partial charge is 0.248 e. The van der Waals surface area contributed by atoms with Crippen molar-refractivity contribution in [2.45, 2.75) is 6.92 Å². The maximum Gasteiger partial charge on any atom is 0.248 e. The summed E-state index contributed by atoms with van der Waals surface area (Å²) in [6, 6.07) is 11.6. The normalized spacial score (nSPS) is 15.8. The standard InChI is InChI=1S/C19H23N3O2/c1-2-21-11-13-22(14-12-21)17-7-5-16(6-8-17)20-19(23)10-9-18-4-3-15-24-18/h3-10,15H,2,11-14H2,1H3,(H,20,23)/b10-9+. The summed E-state index contributed by atoms with van der Waals surface area (Å²) in [4.78, 5) is 16.7. The molecule has 0 saturated carbocycles. The third-order valence-electron chi connectivity index (χ3n) is 4.26. The van der Waals surface area contributed by atoms with Crippen molar-refractivity contribution in [1.82, 2.24) is 4.90 Å². The Bertz CT molecular complexity index is 669. The van der Waals surface area contributed by atoms with Gasteiger partial charge in [-0.2, -0.15) is 0 Å². The van der Waals surface area contributed by atoms with Crippen LogP contribution in [0.1, 0.15) is 12.7 Å². The maximum atomic E-state index is 11.9. The van der Waals surface area contributed by atoms with Gasteiger partial charge in [-0.15, -0.1) is 0 Å². The number of furan rings is 1. The molecule has 3 rings (SSSR count). The highest BCUT2D eigenvalue weighted by Gasteiger charge is 2.15. The van der Waals surface area contributed by atoms with Gasteiger partial charge in [-0.25, -0.2) is 0 Å². The number of likely N-dealkylation sites (N-methyl/N-ethyl adjacent to an activating group) is 1. The third kappa shape index (κ3) is 4.26. The number of benzene rings is 1. The second kappa shape index (κ2) is 7.84. The van der Waals surface area contributed by atoms with Crippen molar-refractivity contribution in [3.8, 4) is 0 Å². The van der Waals surface area contributed by atoms with Crippen molar-refractivity contribution >= 4 is 23.4 Å². The van der Waals surface area contributed by atoms with Crippen LogP contribution < -0.4 is 10.2 Å². The van der Waals surface area contributed by atoms with E-state index >= 15 is 0 Å². The molecule has 5 heteroatoms. The minimum atomic E-state index is -0.171. The van der Waals surface area contributed by atoms with Crippen LogP contribution in [0.25, 0.3) is 6.08 Å². The Labute approximate surface area is 142 Å². The third-order valence-corrected chi connectivity index (χ3v) is 4.26. The van der Waals surface area contributed by atoms with E-state index in [-0.39, 0.29) is 5.91 Å². The van der Waals surface area contributed by atoms with Crippen LogP contribution in [-0.2, 0) is 4.79 Å². The molecule has 0 unspecified atom stereocenters. The lowest BCUT2D eigenvalue weighted by atomic mass is 10.2. The van der Waals surface area contributed by atoms with Crippen LogP contribution in [0, 0.1) is 0 Å². The van der Waals surface area contributed by atoms with E-state index in [1.807, 2.05) is 12.1 Å². The monoisotopic (exact) mass is 325 g/mol. The Morgan fingerprint density at radius 3 is 2.54 bits per heavy atom. The van der Waals surface area contributed by atoms with Gasteiger partial charge in [0.15, 0.2) is 0 Å². The minimum absolute atomic E-state index is 0.171. The number of carbonyl (C=O) groups excluding carboxylic acids is 1. The van der Waals surface area contributed by atoms with Crippen LogP contribution in [0.5, 0.6) is 0 Å². The Morgan fingerprint density at radius 1 is 1.17 bits per heavy atom. The number of anilines is 2. The summed E-state index contributed by atoms with van der Waals surface area (Å²) in [5.74, 6) is 0.488. The molecule has 24 heavy (non-hydrogen) atoms. The number of nitrogens with zero attached hydrogens (tertiary/aromatic N) is 2. The fourth-order valence-electron chi connectivity index (χ4n) is 2.81. The van der Waals surface area contributed by atoms with Gasteiger partial charge in [0, 0.05) is 43.6 Å². The highest BCUT2D eigenvalue weighted by atomic mass is 16.3. The van der Waals surface area contributed by atoms with Crippen LogP contribution in [0.3, 0.4) is 0 Å². The van der Waals surface area contributed by atoms with Crippen molar-refractivity contribution in [1.29, 1.82) is 0 Å². The lowest BCUT2D eigenvalue weighted by molar-refractivity contribution is -0.111. The minimum Gasteiger partial charge on any atom is -0.465 e. The Kier molecular flexibility index (Phi) is 5.33. The number of nitrogens with one attached hydrogen (secondary N) is 1. The Hall–Kier alpha value is -2.53. The predicted molar refractivity (Wildman–Crippen MR) is 97.1 cm³/mol. The molecule has 0 aliphatic carbocycles. The molecule has 1 saturated heterocycles. The quantitative estimate of drug-likeness (QED) is 0.858. The molecule has 126 valence electrons. The van der Waals surface area contributed by atoms with Gasteiger partial charge in [-0.3, -0.25) is 4.79 Å². The molecular weight excluding hydrogens is 302 g/mol. The predicted octanol–water partition coefficient (Wildman–Crippen LogP) is 3.07. The van der Waals surface area contributed by atoms with Gasteiger partial charge < -0.3 is 19.5 Å². The van der Waals surface area contributed by atoms with E-state index in [4.69, 9.17) is 4.42 Å². The van der Waals surface area contributed by atoms with E-state index in [1.165, 1.54) is 11.8 Å². The average molecular weight is 325 g/mol. The first kappa shape index (κ1) is 16.3. The number of hydrogen-bond donors (Lipinski definition) is 1. The SMILES string of the molecule is CCN1CCN(c2ccc(NC(=O)/C=C/c3ccco3)cc2)CC1. The molecule has 1 aromatic carbocycles. The summed E-state index contributed by atoms with van der Waals surface area (Å²) in [6.45, 7) is 7.62. The number of piperazine rings is 1. The Morgan fingerprint density at radius 2 is 1.92 bits per heavy atom. The highest BCUT2D eigenvalue weighted by Crippen LogP contribution is 2.19. The van der Waals surface area contributed by atoms with E-state index < -0.39 is 0 Å². The van der Waals surface area contributed by atoms with Gasteiger partial charge in [-0.1, -0.05) is 6.92 Å². The number of hydrogen-bond acceptors (Lipinski definition) is 4.